The number of benzene rings is 1. The minimum absolute atomic E-state index is 0.0488. The van der Waals surface area contributed by atoms with Gasteiger partial charge in [-0.1, -0.05) is 28.4 Å². The fraction of sp³-hybridized carbons (Fsp3) is 0.167. The second kappa shape index (κ2) is 8.52. The Morgan fingerprint density at radius 1 is 1.12 bits per heavy atom. The van der Waals surface area contributed by atoms with E-state index < -0.39 is 24.6 Å². The third kappa shape index (κ3) is 4.55. The maximum Gasteiger partial charge on any atom is 0.417 e. The Morgan fingerprint density at radius 3 is 2.56 bits per heavy atom. The first kappa shape index (κ1) is 22.8. The predicted octanol–water partition coefficient (Wildman–Crippen LogP) is 4.83. The van der Waals surface area contributed by atoms with Gasteiger partial charge in [-0.2, -0.15) is 18.2 Å². The van der Waals surface area contributed by atoms with E-state index in [9.17, 15) is 13.2 Å². The van der Waals surface area contributed by atoms with E-state index in [1.54, 1.807) is 0 Å². The number of imidazole rings is 1. The molecule has 0 aliphatic heterocycles. The maximum atomic E-state index is 13.1. The van der Waals surface area contributed by atoms with Gasteiger partial charge in [0.2, 0.25) is 5.82 Å². The van der Waals surface area contributed by atoms with Gasteiger partial charge in [0.05, 0.1) is 20.1 Å². The van der Waals surface area contributed by atoms with Crippen molar-refractivity contribution in [2.24, 2.45) is 0 Å². The topological polar surface area (TPSA) is 106 Å². The molecular formula is C18H10BrCl2F3N4O4. The van der Waals surface area contributed by atoms with Crippen LogP contribution in [-0.4, -0.2) is 42.6 Å². The lowest BCUT2D eigenvalue weighted by Crippen LogP contribution is -2.16. The van der Waals surface area contributed by atoms with Crippen molar-refractivity contribution in [3.8, 4) is 28.7 Å². The molecule has 0 bridgehead atoms. The Bertz CT molecular complexity index is 1310. The summed E-state index contributed by atoms with van der Waals surface area (Å²) < 4.78 is 50.8. The monoisotopic (exact) mass is 552 g/mol. The third-order valence-corrected chi connectivity index (χ3v) is 5.32. The first-order valence-corrected chi connectivity index (χ1v) is 10.2. The van der Waals surface area contributed by atoms with E-state index in [1.807, 2.05) is 0 Å². The number of aliphatic hydroxyl groups is 2. The van der Waals surface area contributed by atoms with Gasteiger partial charge in [-0.3, -0.25) is 0 Å². The zero-order chi connectivity index (χ0) is 23.2. The first-order valence-electron chi connectivity index (χ1n) is 8.61. The molecule has 0 atom stereocenters. The lowest BCUT2D eigenvalue weighted by molar-refractivity contribution is -0.137. The molecule has 0 amide bonds. The number of nitrogens with zero attached hydrogens (tertiary/aromatic N) is 4. The summed E-state index contributed by atoms with van der Waals surface area (Å²) in [7, 11) is 0. The zero-order valence-corrected chi connectivity index (χ0v) is 18.5. The molecule has 32 heavy (non-hydrogen) atoms. The molecule has 8 nitrogen and oxygen atoms in total. The van der Waals surface area contributed by atoms with Gasteiger partial charge in [-0.25, -0.2) is 4.98 Å². The standard InChI is InChI=1S/C18H10BrCl2F3N4O4/c19-9-1-7(18(22,23)24)4-28-5-12(25-16(9)28)17-26-15(27-32-17)8-2-11(21)13(3-10(8)20)31-6-14(29)30/h1-5,14,29-30H,6H2. The van der Waals surface area contributed by atoms with Crippen LogP contribution in [0.2, 0.25) is 10.0 Å². The molecule has 1 aromatic carbocycles. The number of aromatic nitrogens is 4. The minimum Gasteiger partial charge on any atom is -0.487 e. The van der Waals surface area contributed by atoms with Crippen molar-refractivity contribution in [2.75, 3.05) is 6.61 Å². The number of hydrogen-bond donors (Lipinski definition) is 2. The van der Waals surface area contributed by atoms with E-state index in [0.29, 0.717) is 0 Å². The summed E-state index contributed by atoms with van der Waals surface area (Å²) in [6.07, 6.45) is -4.01. The highest BCUT2D eigenvalue weighted by Crippen LogP contribution is 2.37. The minimum atomic E-state index is -4.53. The van der Waals surface area contributed by atoms with E-state index in [4.69, 9.17) is 42.7 Å². The largest absolute Gasteiger partial charge is 0.487 e. The Kier molecular flexibility index (Phi) is 6.07. The number of fused-ring (bicyclic) bond motifs is 1. The van der Waals surface area contributed by atoms with Crippen molar-refractivity contribution in [1.82, 2.24) is 19.5 Å². The van der Waals surface area contributed by atoms with Crippen LogP contribution in [-0.2, 0) is 6.18 Å². The van der Waals surface area contributed by atoms with Crippen molar-refractivity contribution in [2.45, 2.75) is 12.5 Å². The molecule has 0 unspecified atom stereocenters. The van der Waals surface area contributed by atoms with Gasteiger partial charge in [-0.05, 0) is 28.1 Å². The first-order chi connectivity index (χ1) is 15.0. The van der Waals surface area contributed by atoms with Gasteiger partial charge in [0.15, 0.2) is 11.9 Å². The summed E-state index contributed by atoms with van der Waals surface area (Å²) in [5.74, 6) is 0.107. The van der Waals surface area contributed by atoms with E-state index in [-0.39, 0.29) is 48.9 Å². The van der Waals surface area contributed by atoms with Gasteiger partial charge in [-0.15, -0.1) is 0 Å². The number of ether oxygens (including phenoxy) is 1. The highest BCUT2D eigenvalue weighted by Gasteiger charge is 2.32. The third-order valence-electron chi connectivity index (χ3n) is 4.13. The zero-order valence-electron chi connectivity index (χ0n) is 15.4. The van der Waals surface area contributed by atoms with Crippen molar-refractivity contribution < 1.29 is 32.6 Å². The molecule has 0 aliphatic carbocycles. The molecule has 4 aromatic rings. The lowest BCUT2D eigenvalue weighted by atomic mass is 10.2. The molecule has 0 fully saturated rings. The molecule has 3 aromatic heterocycles. The van der Waals surface area contributed by atoms with Crippen LogP contribution >= 0.6 is 39.1 Å². The normalized spacial score (nSPS) is 12.2. The van der Waals surface area contributed by atoms with Crippen LogP contribution in [0.5, 0.6) is 5.75 Å². The number of alkyl halides is 3. The van der Waals surface area contributed by atoms with Crippen LogP contribution in [0.1, 0.15) is 5.56 Å². The highest BCUT2D eigenvalue weighted by atomic mass is 79.9. The molecule has 0 spiro atoms. The van der Waals surface area contributed by atoms with E-state index in [1.165, 1.54) is 22.7 Å². The highest BCUT2D eigenvalue weighted by molar-refractivity contribution is 9.10. The van der Waals surface area contributed by atoms with Crippen molar-refractivity contribution in [3.63, 3.8) is 0 Å². The molecule has 3 heterocycles. The van der Waals surface area contributed by atoms with Gasteiger partial charge in [0, 0.05) is 24.0 Å². The second-order valence-corrected chi connectivity index (χ2v) is 8.08. The van der Waals surface area contributed by atoms with Crippen LogP contribution in [0.15, 0.2) is 39.6 Å². The molecule has 168 valence electrons. The second-order valence-electron chi connectivity index (χ2n) is 6.41. The number of halogens is 6. The summed E-state index contributed by atoms with van der Waals surface area (Å²) in [6, 6.07) is 3.67. The van der Waals surface area contributed by atoms with Gasteiger partial charge in [0.25, 0.3) is 5.89 Å². The molecule has 0 aliphatic rings. The predicted molar refractivity (Wildman–Crippen MR) is 110 cm³/mol. The van der Waals surface area contributed by atoms with Gasteiger partial charge < -0.3 is 23.9 Å². The number of hydrogen-bond acceptors (Lipinski definition) is 7. The lowest BCUT2D eigenvalue weighted by Gasteiger charge is -2.10. The van der Waals surface area contributed by atoms with Crippen molar-refractivity contribution >= 4 is 44.8 Å². The summed E-state index contributed by atoms with van der Waals surface area (Å²) >= 11 is 15.5. The molecular weight excluding hydrogens is 544 g/mol. The van der Waals surface area contributed by atoms with Crippen molar-refractivity contribution in [1.29, 1.82) is 0 Å². The number of aliphatic hydroxyl groups excluding tert-OH is 1. The summed E-state index contributed by atoms with van der Waals surface area (Å²) in [5.41, 5.74) is -0.207. The van der Waals surface area contributed by atoms with Crippen LogP contribution in [0.3, 0.4) is 0 Å². The van der Waals surface area contributed by atoms with Crippen molar-refractivity contribution in [3.05, 3.63) is 50.7 Å². The Labute approximate surface area is 195 Å². The molecule has 0 radical (unpaired) electrons. The average molecular weight is 554 g/mol. The summed E-state index contributed by atoms with van der Waals surface area (Å²) in [5, 5.41) is 21.9. The van der Waals surface area contributed by atoms with E-state index in [2.05, 4.69) is 31.1 Å². The molecule has 0 saturated carbocycles. The van der Waals surface area contributed by atoms with Gasteiger partial charge in [0.1, 0.15) is 18.1 Å². The average Bonchev–Trinajstić information content (AvgIpc) is 3.34. The Morgan fingerprint density at radius 2 is 1.88 bits per heavy atom. The molecule has 0 saturated heterocycles. The van der Waals surface area contributed by atoms with E-state index in [0.717, 1.165) is 12.3 Å². The molecule has 4 rings (SSSR count). The molecule has 2 N–H and O–H groups in total. The molecule has 14 heteroatoms. The Balaban J connectivity index is 1.68. The van der Waals surface area contributed by atoms with Crippen LogP contribution in [0.25, 0.3) is 28.6 Å². The van der Waals surface area contributed by atoms with Crippen LogP contribution < -0.4 is 4.74 Å². The number of pyridine rings is 1. The Hall–Kier alpha value is -2.38. The summed E-state index contributed by atoms with van der Waals surface area (Å²) in [4.78, 5) is 8.43. The summed E-state index contributed by atoms with van der Waals surface area (Å²) in [6.45, 7) is -0.415. The van der Waals surface area contributed by atoms with Crippen LogP contribution in [0, 0.1) is 0 Å². The van der Waals surface area contributed by atoms with E-state index >= 15 is 0 Å². The fourth-order valence-electron chi connectivity index (χ4n) is 2.73. The van der Waals surface area contributed by atoms with Crippen LogP contribution in [0.4, 0.5) is 13.2 Å². The SMILES string of the molecule is OC(O)COc1cc(Cl)c(-c2noc(-c3cn4cc(C(F)(F)F)cc(Br)c4n3)n2)cc1Cl. The fourth-order valence-corrected chi connectivity index (χ4v) is 3.72. The van der Waals surface area contributed by atoms with Gasteiger partial charge >= 0.3 is 6.18 Å². The maximum absolute atomic E-state index is 13.1. The number of rotatable bonds is 5. The smallest absolute Gasteiger partial charge is 0.417 e. The quantitative estimate of drug-likeness (QED) is 0.341.